The molecule has 0 spiro atoms. The summed E-state index contributed by atoms with van der Waals surface area (Å²) in [6.07, 6.45) is -0.345. The summed E-state index contributed by atoms with van der Waals surface area (Å²) in [7, 11) is 0. The molecular weight excluding hydrogens is 302 g/mol. The molecule has 1 saturated heterocycles. The van der Waals surface area contributed by atoms with Gasteiger partial charge in [0.15, 0.2) is 0 Å². The fraction of sp³-hybridized carbons (Fsp3) is 0.562. The molecule has 122 valence electrons. The van der Waals surface area contributed by atoms with E-state index in [1.807, 2.05) is 30.9 Å². The van der Waals surface area contributed by atoms with Crippen LogP contribution in [-0.2, 0) is 0 Å². The van der Waals surface area contributed by atoms with Crippen molar-refractivity contribution in [2.75, 3.05) is 31.5 Å². The molecule has 0 radical (unpaired) electrons. The van der Waals surface area contributed by atoms with Gasteiger partial charge in [-0.25, -0.2) is 4.79 Å². The Morgan fingerprint density at radius 3 is 2.82 bits per heavy atom. The monoisotopic (exact) mass is 325 g/mol. The van der Waals surface area contributed by atoms with Crippen molar-refractivity contribution in [3.63, 3.8) is 0 Å². The molecule has 0 bridgehead atoms. The largest absolute Gasteiger partial charge is 0.392 e. The Morgan fingerprint density at radius 2 is 2.23 bits per heavy atom. The molecule has 5 nitrogen and oxygen atoms in total. The molecule has 0 unspecified atom stereocenters. The number of hydrogen-bond acceptors (Lipinski definition) is 3. The maximum atomic E-state index is 12.4. The van der Waals surface area contributed by atoms with E-state index < -0.39 is 0 Å². The molecule has 0 aromatic heterocycles. The van der Waals surface area contributed by atoms with Crippen molar-refractivity contribution in [2.45, 2.75) is 32.9 Å². The molecule has 1 aromatic carbocycles. The van der Waals surface area contributed by atoms with Crippen LogP contribution in [0.15, 0.2) is 18.2 Å². The number of piperazine rings is 1. The maximum absolute atomic E-state index is 12.4. The lowest BCUT2D eigenvalue weighted by Gasteiger charge is -2.40. The molecule has 1 aliphatic heterocycles. The van der Waals surface area contributed by atoms with Crippen LogP contribution in [0.25, 0.3) is 0 Å². The fourth-order valence-electron chi connectivity index (χ4n) is 2.74. The molecule has 1 fully saturated rings. The van der Waals surface area contributed by atoms with E-state index in [1.54, 1.807) is 13.0 Å². The number of anilines is 1. The minimum atomic E-state index is -0.345. The van der Waals surface area contributed by atoms with Gasteiger partial charge in [0.1, 0.15) is 0 Å². The first-order chi connectivity index (χ1) is 10.4. The Kier molecular flexibility index (Phi) is 5.67. The van der Waals surface area contributed by atoms with E-state index in [9.17, 15) is 9.90 Å². The number of benzene rings is 1. The summed E-state index contributed by atoms with van der Waals surface area (Å²) < 4.78 is 0. The van der Waals surface area contributed by atoms with Crippen LogP contribution in [-0.4, -0.2) is 59.3 Å². The molecule has 2 N–H and O–H groups in total. The molecule has 6 heteroatoms. The average molecular weight is 326 g/mol. The SMILES string of the molecule is Cc1ccc(NC(=O)N2CCN(C[C@H](C)O)C[C@@H]2C)cc1Cl. The van der Waals surface area contributed by atoms with Crippen molar-refractivity contribution in [1.29, 1.82) is 0 Å². The van der Waals surface area contributed by atoms with Gasteiger partial charge in [0, 0.05) is 42.9 Å². The zero-order valence-corrected chi connectivity index (χ0v) is 14.1. The van der Waals surface area contributed by atoms with Gasteiger partial charge in [0.05, 0.1) is 6.10 Å². The molecular formula is C16H24ClN3O2. The maximum Gasteiger partial charge on any atom is 0.322 e. The molecule has 0 saturated carbocycles. The first-order valence-corrected chi connectivity index (χ1v) is 7.99. The van der Waals surface area contributed by atoms with Crippen molar-refractivity contribution < 1.29 is 9.90 Å². The molecule has 2 rings (SSSR count). The van der Waals surface area contributed by atoms with E-state index >= 15 is 0 Å². The van der Waals surface area contributed by atoms with Gasteiger partial charge in [0.2, 0.25) is 0 Å². The number of halogens is 1. The molecule has 1 aromatic rings. The summed E-state index contributed by atoms with van der Waals surface area (Å²) in [6, 6.07) is 5.51. The third-order valence-electron chi connectivity index (χ3n) is 3.92. The van der Waals surface area contributed by atoms with Gasteiger partial charge in [0.25, 0.3) is 0 Å². The Hall–Kier alpha value is -1.30. The zero-order chi connectivity index (χ0) is 16.3. The quantitative estimate of drug-likeness (QED) is 0.898. The standard InChI is InChI=1S/C16H24ClN3O2/c1-11-4-5-14(8-15(11)17)18-16(22)20-7-6-19(9-12(20)2)10-13(3)21/h4-5,8,12-13,21H,6-7,9-10H2,1-3H3,(H,18,22)/t12-,13-/m0/s1. The van der Waals surface area contributed by atoms with Gasteiger partial charge in [-0.15, -0.1) is 0 Å². The number of nitrogens with one attached hydrogen (secondary N) is 1. The van der Waals surface area contributed by atoms with Crippen molar-refractivity contribution in [3.05, 3.63) is 28.8 Å². The zero-order valence-electron chi connectivity index (χ0n) is 13.3. The highest BCUT2D eigenvalue weighted by molar-refractivity contribution is 6.31. The third-order valence-corrected chi connectivity index (χ3v) is 4.33. The van der Waals surface area contributed by atoms with Crippen molar-refractivity contribution >= 4 is 23.3 Å². The van der Waals surface area contributed by atoms with E-state index in [-0.39, 0.29) is 18.2 Å². The van der Waals surface area contributed by atoms with Gasteiger partial charge in [-0.1, -0.05) is 17.7 Å². The first-order valence-electron chi connectivity index (χ1n) is 7.61. The van der Waals surface area contributed by atoms with Crippen molar-refractivity contribution in [3.8, 4) is 0 Å². The van der Waals surface area contributed by atoms with Crippen LogP contribution in [0.4, 0.5) is 10.5 Å². The summed E-state index contributed by atoms with van der Waals surface area (Å²) in [6.45, 7) is 8.58. The normalized spacial score (nSPS) is 20.8. The summed E-state index contributed by atoms with van der Waals surface area (Å²) in [5.41, 5.74) is 1.69. The fourth-order valence-corrected chi connectivity index (χ4v) is 2.92. The number of carbonyl (C=O) groups excluding carboxylic acids is 1. The molecule has 2 atom stereocenters. The van der Waals surface area contributed by atoms with Crippen LogP contribution in [0, 0.1) is 6.92 Å². The van der Waals surface area contributed by atoms with Gasteiger partial charge < -0.3 is 15.3 Å². The van der Waals surface area contributed by atoms with Crippen LogP contribution in [0.3, 0.4) is 0 Å². The third kappa shape index (κ3) is 4.35. The number of aryl methyl sites for hydroxylation is 1. The Bertz CT molecular complexity index is 536. The predicted molar refractivity (Wildman–Crippen MR) is 89.5 cm³/mol. The lowest BCUT2D eigenvalue weighted by atomic mass is 10.2. The predicted octanol–water partition coefficient (Wildman–Crippen LogP) is 2.57. The number of aliphatic hydroxyl groups excluding tert-OH is 1. The Labute approximate surface area is 136 Å². The molecule has 2 amide bonds. The summed E-state index contributed by atoms with van der Waals surface area (Å²) in [4.78, 5) is 16.4. The van der Waals surface area contributed by atoms with Crippen LogP contribution in [0.2, 0.25) is 5.02 Å². The average Bonchev–Trinajstić information content (AvgIpc) is 2.42. The molecule has 1 aliphatic rings. The Balaban J connectivity index is 1.94. The van der Waals surface area contributed by atoms with E-state index in [0.717, 1.165) is 18.7 Å². The van der Waals surface area contributed by atoms with Crippen LogP contribution in [0.1, 0.15) is 19.4 Å². The number of rotatable bonds is 3. The molecule has 0 aliphatic carbocycles. The minimum Gasteiger partial charge on any atom is -0.392 e. The van der Waals surface area contributed by atoms with Gasteiger partial charge >= 0.3 is 6.03 Å². The van der Waals surface area contributed by atoms with E-state index in [1.165, 1.54) is 0 Å². The van der Waals surface area contributed by atoms with Crippen molar-refractivity contribution in [1.82, 2.24) is 9.80 Å². The summed E-state index contributed by atoms with van der Waals surface area (Å²) >= 11 is 6.08. The van der Waals surface area contributed by atoms with E-state index in [4.69, 9.17) is 11.6 Å². The highest BCUT2D eigenvalue weighted by Crippen LogP contribution is 2.21. The number of β-amino-alcohol motifs (C(OH)–C–C–N with tert-alkyl or cyclic N) is 1. The van der Waals surface area contributed by atoms with E-state index in [0.29, 0.717) is 23.8 Å². The summed E-state index contributed by atoms with van der Waals surface area (Å²) in [5, 5.41) is 13.0. The number of amides is 2. The summed E-state index contributed by atoms with van der Waals surface area (Å²) in [5.74, 6) is 0. The molecule has 22 heavy (non-hydrogen) atoms. The Morgan fingerprint density at radius 1 is 1.50 bits per heavy atom. The minimum absolute atomic E-state index is 0.105. The topological polar surface area (TPSA) is 55.8 Å². The number of aliphatic hydroxyl groups is 1. The second-order valence-corrected chi connectivity index (χ2v) is 6.45. The second-order valence-electron chi connectivity index (χ2n) is 6.05. The second kappa shape index (κ2) is 7.31. The highest BCUT2D eigenvalue weighted by Gasteiger charge is 2.27. The van der Waals surface area contributed by atoms with Gasteiger partial charge in [-0.3, -0.25) is 4.90 Å². The lowest BCUT2D eigenvalue weighted by molar-refractivity contribution is 0.0692. The first kappa shape index (κ1) is 17.1. The number of nitrogens with zero attached hydrogens (tertiary/aromatic N) is 2. The van der Waals surface area contributed by atoms with Crippen LogP contribution < -0.4 is 5.32 Å². The van der Waals surface area contributed by atoms with Gasteiger partial charge in [-0.05, 0) is 38.5 Å². The number of hydrogen-bond donors (Lipinski definition) is 2. The molecule has 1 heterocycles. The number of carbonyl (C=O) groups is 1. The smallest absolute Gasteiger partial charge is 0.322 e. The lowest BCUT2D eigenvalue weighted by Crippen LogP contribution is -2.56. The van der Waals surface area contributed by atoms with Crippen molar-refractivity contribution in [2.24, 2.45) is 0 Å². The highest BCUT2D eigenvalue weighted by atomic mass is 35.5. The van der Waals surface area contributed by atoms with Gasteiger partial charge in [-0.2, -0.15) is 0 Å². The van der Waals surface area contributed by atoms with E-state index in [2.05, 4.69) is 10.2 Å². The van der Waals surface area contributed by atoms with Crippen LogP contribution in [0.5, 0.6) is 0 Å². The number of urea groups is 1. The van der Waals surface area contributed by atoms with Crippen LogP contribution >= 0.6 is 11.6 Å².